The van der Waals surface area contributed by atoms with E-state index in [0.29, 0.717) is 17.7 Å². The molecule has 0 amide bonds. The lowest BCUT2D eigenvalue weighted by atomic mass is 9.91. The van der Waals surface area contributed by atoms with Crippen molar-refractivity contribution in [3.05, 3.63) is 18.0 Å². The van der Waals surface area contributed by atoms with Crippen molar-refractivity contribution in [1.82, 2.24) is 24.7 Å². The number of nitrogens with zero attached hydrogens (tertiary/aromatic N) is 6. The maximum atomic E-state index is 12.9. The van der Waals surface area contributed by atoms with Gasteiger partial charge in [-0.15, -0.1) is 15.3 Å². The Morgan fingerprint density at radius 2 is 1.95 bits per heavy atom. The summed E-state index contributed by atoms with van der Waals surface area (Å²) in [7, 11) is 2.14. The molecular weight excluding hydrogens is 278 g/mol. The van der Waals surface area contributed by atoms with E-state index >= 15 is 0 Å². The van der Waals surface area contributed by atoms with Crippen LogP contribution in [0.5, 0.6) is 0 Å². The van der Waals surface area contributed by atoms with Gasteiger partial charge in [0.05, 0.1) is 0 Å². The number of fused-ring (bicyclic) bond motifs is 4. The molecule has 2 aromatic heterocycles. The lowest BCUT2D eigenvalue weighted by molar-refractivity contribution is 0.124. The summed E-state index contributed by atoms with van der Waals surface area (Å²) in [5.74, 6) is 0.332. The molecular formula is C13H16F2N6. The number of anilines is 1. The van der Waals surface area contributed by atoms with E-state index in [2.05, 4.69) is 32.1 Å². The smallest absolute Gasteiger partial charge is 0.299 e. The number of rotatable bonds is 2. The van der Waals surface area contributed by atoms with E-state index < -0.39 is 12.2 Å². The standard InChI is InChI=1S/C13H16F2N6/c1-19-6-9-3-2-8(19)7-20(9)11-5-4-10-16-17-13(12(14)15)21(10)18-11/h4-5,8-9,12H,2-3,6-7H2,1H3. The monoisotopic (exact) mass is 294 g/mol. The molecule has 0 radical (unpaired) electrons. The third-order valence-corrected chi connectivity index (χ3v) is 4.57. The summed E-state index contributed by atoms with van der Waals surface area (Å²) in [6, 6.07) is 4.46. The van der Waals surface area contributed by atoms with Crippen LogP contribution in [-0.2, 0) is 0 Å². The number of hydrogen-bond donors (Lipinski definition) is 0. The van der Waals surface area contributed by atoms with Gasteiger partial charge in [-0.05, 0) is 32.0 Å². The topological polar surface area (TPSA) is 49.6 Å². The lowest BCUT2D eigenvalue weighted by Gasteiger charge is -2.50. The fourth-order valence-corrected chi connectivity index (χ4v) is 3.40. The first kappa shape index (κ1) is 12.9. The van der Waals surface area contributed by atoms with Crippen molar-refractivity contribution < 1.29 is 8.78 Å². The van der Waals surface area contributed by atoms with Crippen molar-refractivity contribution in [2.75, 3.05) is 25.0 Å². The molecule has 112 valence electrons. The number of piperazine rings is 1. The number of hydrogen-bond acceptors (Lipinski definition) is 5. The Kier molecular flexibility index (Phi) is 2.81. The van der Waals surface area contributed by atoms with Gasteiger partial charge in [0.2, 0.25) is 5.82 Å². The van der Waals surface area contributed by atoms with Crippen molar-refractivity contribution >= 4 is 11.5 Å². The van der Waals surface area contributed by atoms with E-state index in [9.17, 15) is 8.78 Å². The first-order chi connectivity index (χ1) is 10.1. The summed E-state index contributed by atoms with van der Waals surface area (Å²) >= 11 is 0. The Morgan fingerprint density at radius 1 is 1.14 bits per heavy atom. The second-order valence-corrected chi connectivity index (χ2v) is 5.80. The van der Waals surface area contributed by atoms with Crippen LogP contribution < -0.4 is 4.90 Å². The van der Waals surface area contributed by atoms with Gasteiger partial charge in [-0.2, -0.15) is 4.52 Å². The molecule has 2 unspecified atom stereocenters. The third-order valence-electron chi connectivity index (χ3n) is 4.57. The molecule has 3 aliphatic heterocycles. The molecule has 8 heteroatoms. The quantitative estimate of drug-likeness (QED) is 0.836. The summed E-state index contributed by atoms with van der Waals surface area (Å²) in [5, 5.41) is 11.6. The van der Waals surface area contributed by atoms with Crippen molar-refractivity contribution in [3.8, 4) is 0 Å². The summed E-state index contributed by atoms with van der Waals surface area (Å²) in [4.78, 5) is 4.59. The summed E-state index contributed by atoms with van der Waals surface area (Å²) < 4.78 is 27.0. The number of aromatic nitrogens is 4. The maximum Gasteiger partial charge on any atom is 0.299 e. The predicted molar refractivity (Wildman–Crippen MR) is 72.5 cm³/mol. The van der Waals surface area contributed by atoms with Crippen LogP contribution in [0.2, 0.25) is 0 Å². The van der Waals surface area contributed by atoms with Crippen molar-refractivity contribution in [2.45, 2.75) is 31.4 Å². The molecule has 0 spiro atoms. The molecule has 0 aliphatic carbocycles. The van der Waals surface area contributed by atoms with Gasteiger partial charge < -0.3 is 4.90 Å². The van der Waals surface area contributed by atoms with E-state index in [0.717, 1.165) is 29.8 Å². The van der Waals surface area contributed by atoms with E-state index in [1.165, 1.54) is 6.42 Å². The first-order valence-electron chi connectivity index (χ1n) is 7.11. The minimum absolute atomic E-state index is 0.355. The highest BCUT2D eigenvalue weighted by atomic mass is 19.3. The van der Waals surface area contributed by atoms with Gasteiger partial charge in [-0.25, -0.2) is 8.78 Å². The average Bonchev–Trinajstić information content (AvgIpc) is 2.90. The van der Waals surface area contributed by atoms with Crippen LogP contribution in [0.3, 0.4) is 0 Å². The molecule has 3 fully saturated rings. The Morgan fingerprint density at radius 3 is 2.62 bits per heavy atom. The molecule has 0 saturated carbocycles. The van der Waals surface area contributed by atoms with E-state index in [1.54, 1.807) is 6.07 Å². The van der Waals surface area contributed by atoms with Gasteiger partial charge in [-0.3, -0.25) is 4.90 Å². The minimum Gasteiger partial charge on any atom is -0.349 e. The molecule has 21 heavy (non-hydrogen) atoms. The Labute approximate surface area is 120 Å². The normalized spacial score (nSPS) is 26.2. The average molecular weight is 294 g/mol. The zero-order valence-electron chi connectivity index (χ0n) is 11.7. The van der Waals surface area contributed by atoms with Crippen LogP contribution in [0.4, 0.5) is 14.6 Å². The molecule has 2 bridgehead atoms. The van der Waals surface area contributed by atoms with Crippen molar-refractivity contribution in [3.63, 3.8) is 0 Å². The van der Waals surface area contributed by atoms with Crippen LogP contribution in [-0.4, -0.2) is 56.9 Å². The van der Waals surface area contributed by atoms with Crippen molar-refractivity contribution in [1.29, 1.82) is 0 Å². The minimum atomic E-state index is -2.67. The number of likely N-dealkylation sites (N-methyl/N-ethyl adjacent to an activating group) is 1. The Bertz CT molecular complexity index is 672. The highest BCUT2D eigenvalue weighted by molar-refractivity contribution is 5.47. The molecule has 0 N–H and O–H groups in total. The first-order valence-corrected chi connectivity index (χ1v) is 7.11. The molecule has 5 rings (SSSR count). The Balaban J connectivity index is 1.72. The van der Waals surface area contributed by atoms with Crippen LogP contribution in [0.15, 0.2) is 12.1 Å². The summed E-state index contributed by atoms with van der Waals surface area (Å²) in [6.07, 6.45) is -0.361. The maximum absolute atomic E-state index is 12.9. The molecule has 2 atom stereocenters. The SMILES string of the molecule is CN1CC2CCC1CN2c1ccc2nnc(C(F)F)n2n1. The molecule has 5 heterocycles. The number of alkyl halides is 2. The van der Waals surface area contributed by atoms with Gasteiger partial charge in [0.25, 0.3) is 6.43 Å². The molecule has 3 saturated heterocycles. The number of halogens is 2. The zero-order valence-corrected chi connectivity index (χ0v) is 11.7. The van der Waals surface area contributed by atoms with Crippen LogP contribution in [0.25, 0.3) is 5.65 Å². The van der Waals surface area contributed by atoms with E-state index in [4.69, 9.17) is 0 Å². The van der Waals surface area contributed by atoms with Gasteiger partial charge in [0.15, 0.2) is 5.65 Å². The highest BCUT2D eigenvalue weighted by Crippen LogP contribution is 2.31. The van der Waals surface area contributed by atoms with Crippen molar-refractivity contribution in [2.24, 2.45) is 0 Å². The molecule has 0 aromatic carbocycles. The summed E-state index contributed by atoms with van der Waals surface area (Å²) in [5.41, 5.74) is 0.355. The van der Waals surface area contributed by atoms with Gasteiger partial charge in [-0.1, -0.05) is 0 Å². The zero-order chi connectivity index (χ0) is 14.6. The highest BCUT2D eigenvalue weighted by Gasteiger charge is 2.37. The van der Waals surface area contributed by atoms with E-state index in [-0.39, 0.29) is 0 Å². The van der Waals surface area contributed by atoms with Gasteiger partial charge >= 0.3 is 0 Å². The summed E-state index contributed by atoms with van der Waals surface area (Å²) in [6.45, 7) is 1.89. The van der Waals surface area contributed by atoms with E-state index in [1.807, 2.05) is 6.07 Å². The molecule has 6 nitrogen and oxygen atoms in total. The molecule has 3 aliphatic rings. The largest absolute Gasteiger partial charge is 0.349 e. The third kappa shape index (κ3) is 1.97. The Hall–Kier alpha value is -1.83. The van der Waals surface area contributed by atoms with Gasteiger partial charge in [0.1, 0.15) is 5.82 Å². The second-order valence-electron chi connectivity index (χ2n) is 5.80. The lowest BCUT2D eigenvalue weighted by Crippen LogP contribution is -2.61. The fourth-order valence-electron chi connectivity index (χ4n) is 3.40. The predicted octanol–water partition coefficient (Wildman–Crippen LogP) is 1.34. The van der Waals surface area contributed by atoms with Crippen LogP contribution >= 0.6 is 0 Å². The van der Waals surface area contributed by atoms with Crippen LogP contribution in [0, 0.1) is 0 Å². The molecule has 2 aromatic rings. The second kappa shape index (κ2) is 4.59. The van der Waals surface area contributed by atoms with Gasteiger partial charge in [0, 0.05) is 25.2 Å². The van der Waals surface area contributed by atoms with Crippen LogP contribution in [0.1, 0.15) is 25.1 Å². The number of piperidine rings is 2. The fraction of sp³-hybridized carbons (Fsp3) is 0.615.